The lowest BCUT2D eigenvalue weighted by molar-refractivity contribution is 0.658. The molecule has 1 aliphatic heterocycles. The zero-order chi connectivity index (χ0) is 15.9. The summed E-state index contributed by atoms with van der Waals surface area (Å²) in [6, 6.07) is 11.9. The van der Waals surface area contributed by atoms with E-state index in [0.29, 0.717) is 0 Å². The van der Waals surface area contributed by atoms with Gasteiger partial charge in [0.1, 0.15) is 5.69 Å². The molecule has 0 aromatic carbocycles. The fourth-order valence-corrected chi connectivity index (χ4v) is 3.48. The number of fused-ring (bicyclic) bond motifs is 2. The van der Waals surface area contributed by atoms with Crippen LogP contribution in [0.5, 0.6) is 0 Å². The maximum atomic E-state index is 4.85. The summed E-state index contributed by atoms with van der Waals surface area (Å²) in [5.74, 6) is 0. The Morgan fingerprint density at radius 2 is 1.83 bits per heavy atom. The van der Waals surface area contributed by atoms with Gasteiger partial charge in [-0.05, 0) is 43.2 Å². The summed E-state index contributed by atoms with van der Waals surface area (Å²) < 4.78 is 2.12. The van der Waals surface area contributed by atoms with Crippen LogP contribution < -0.4 is 0 Å². The largest absolute Gasteiger partial charge is 0.268 e. The van der Waals surface area contributed by atoms with E-state index in [-0.39, 0.29) is 0 Å². The molecule has 4 aromatic rings. The molecule has 5 heterocycles. The minimum absolute atomic E-state index is 0.898. The molecule has 0 aliphatic carbocycles. The van der Waals surface area contributed by atoms with Crippen LogP contribution in [0, 0.1) is 0 Å². The van der Waals surface area contributed by atoms with Crippen LogP contribution in [0.1, 0.15) is 12.1 Å². The minimum Gasteiger partial charge on any atom is -0.268 e. The fraction of sp³-hybridized carbons (Fsp3) is 0.158. The highest BCUT2D eigenvalue weighted by molar-refractivity contribution is 5.96. The second kappa shape index (κ2) is 5.23. The molecule has 116 valence electrons. The summed E-state index contributed by atoms with van der Waals surface area (Å²) >= 11 is 0. The third-order valence-corrected chi connectivity index (χ3v) is 4.51. The highest BCUT2D eigenvalue weighted by Gasteiger charge is 2.25. The molecule has 0 fully saturated rings. The van der Waals surface area contributed by atoms with Crippen molar-refractivity contribution in [2.45, 2.75) is 19.4 Å². The van der Waals surface area contributed by atoms with E-state index in [2.05, 4.69) is 19.6 Å². The molecule has 0 N–H and O–H groups in total. The van der Waals surface area contributed by atoms with Crippen molar-refractivity contribution in [2.75, 3.05) is 0 Å². The molecule has 1 aliphatic rings. The van der Waals surface area contributed by atoms with Gasteiger partial charge in [0.2, 0.25) is 0 Å². The summed E-state index contributed by atoms with van der Waals surface area (Å²) in [4.78, 5) is 13.5. The quantitative estimate of drug-likeness (QED) is 0.568. The second-order valence-electron chi connectivity index (χ2n) is 5.94. The molecule has 24 heavy (non-hydrogen) atoms. The molecule has 0 saturated carbocycles. The molecule has 5 heteroatoms. The SMILES string of the molecule is c1ccc(-c2nn3c(c2-c2ccnc4cccnc24)CCC3)nc1. The predicted octanol–water partition coefficient (Wildman–Crippen LogP) is 3.50. The number of aromatic nitrogens is 5. The molecule has 0 amide bonds. The van der Waals surface area contributed by atoms with Crippen molar-refractivity contribution >= 4 is 11.0 Å². The van der Waals surface area contributed by atoms with Crippen molar-refractivity contribution in [3.63, 3.8) is 0 Å². The van der Waals surface area contributed by atoms with Gasteiger partial charge in [-0.1, -0.05) is 6.07 Å². The highest BCUT2D eigenvalue weighted by Crippen LogP contribution is 2.38. The monoisotopic (exact) mass is 313 g/mol. The number of rotatable bonds is 2. The maximum absolute atomic E-state index is 4.85. The van der Waals surface area contributed by atoms with E-state index >= 15 is 0 Å². The molecular formula is C19H15N5. The third kappa shape index (κ3) is 1.94. The van der Waals surface area contributed by atoms with Gasteiger partial charge in [-0.2, -0.15) is 5.10 Å². The van der Waals surface area contributed by atoms with Crippen molar-refractivity contribution in [1.82, 2.24) is 24.7 Å². The summed E-state index contributed by atoms with van der Waals surface area (Å²) in [6.07, 6.45) is 7.64. The molecule has 0 bridgehead atoms. The van der Waals surface area contributed by atoms with Gasteiger partial charge in [0.05, 0.1) is 16.7 Å². The van der Waals surface area contributed by atoms with Gasteiger partial charge in [-0.25, -0.2) is 0 Å². The molecule has 5 rings (SSSR count). The van der Waals surface area contributed by atoms with Crippen molar-refractivity contribution in [2.24, 2.45) is 0 Å². The highest BCUT2D eigenvalue weighted by atomic mass is 15.3. The van der Waals surface area contributed by atoms with Gasteiger partial charge >= 0.3 is 0 Å². The van der Waals surface area contributed by atoms with Crippen molar-refractivity contribution in [3.8, 4) is 22.5 Å². The third-order valence-electron chi connectivity index (χ3n) is 4.51. The van der Waals surface area contributed by atoms with Crippen molar-refractivity contribution in [3.05, 3.63) is 60.7 Å². The Balaban J connectivity index is 1.84. The van der Waals surface area contributed by atoms with Crippen LogP contribution in [0.4, 0.5) is 0 Å². The standard InChI is InChI=1S/C19H15N5/c1-2-9-20-15(5-1)19-17(16-7-4-12-24(16)23-19)13-8-11-21-14-6-3-10-22-18(13)14/h1-3,5-6,8-11H,4,7,12H2. The number of pyridine rings is 3. The van der Waals surface area contributed by atoms with Crippen LogP contribution in [0.15, 0.2) is 55.0 Å². The van der Waals surface area contributed by atoms with Crippen molar-refractivity contribution < 1.29 is 0 Å². The Hall–Kier alpha value is -3.08. The average molecular weight is 313 g/mol. The summed E-state index contributed by atoms with van der Waals surface area (Å²) in [5.41, 5.74) is 7.16. The first-order valence-corrected chi connectivity index (χ1v) is 8.13. The molecule has 0 saturated heterocycles. The molecule has 5 nitrogen and oxygen atoms in total. The van der Waals surface area contributed by atoms with Crippen LogP contribution in [0.2, 0.25) is 0 Å². The van der Waals surface area contributed by atoms with Crippen LogP contribution in [-0.2, 0) is 13.0 Å². The minimum atomic E-state index is 0.898. The second-order valence-corrected chi connectivity index (χ2v) is 5.94. The first kappa shape index (κ1) is 13.4. The van der Waals surface area contributed by atoms with Gasteiger partial charge in [0.15, 0.2) is 0 Å². The molecular weight excluding hydrogens is 298 g/mol. The molecule has 0 atom stereocenters. The number of hydrogen-bond donors (Lipinski definition) is 0. The van der Waals surface area contributed by atoms with Crippen LogP contribution >= 0.6 is 0 Å². The molecule has 4 aromatic heterocycles. The fourth-order valence-electron chi connectivity index (χ4n) is 3.48. The van der Waals surface area contributed by atoms with Gasteiger partial charge in [-0.15, -0.1) is 0 Å². The summed E-state index contributed by atoms with van der Waals surface area (Å²) in [6.45, 7) is 0.964. The van der Waals surface area contributed by atoms with E-state index in [0.717, 1.165) is 52.9 Å². The van der Waals surface area contributed by atoms with Crippen LogP contribution in [0.3, 0.4) is 0 Å². The van der Waals surface area contributed by atoms with E-state index in [4.69, 9.17) is 5.10 Å². The average Bonchev–Trinajstić information content (AvgIpc) is 3.23. The topological polar surface area (TPSA) is 56.5 Å². The Morgan fingerprint density at radius 1 is 0.875 bits per heavy atom. The molecule has 0 radical (unpaired) electrons. The zero-order valence-corrected chi connectivity index (χ0v) is 13.1. The molecule has 0 spiro atoms. The maximum Gasteiger partial charge on any atom is 0.119 e. The summed E-state index contributed by atoms with van der Waals surface area (Å²) in [7, 11) is 0. The number of aryl methyl sites for hydroxylation is 1. The normalized spacial score (nSPS) is 13.3. The van der Waals surface area contributed by atoms with E-state index in [1.54, 1.807) is 0 Å². The van der Waals surface area contributed by atoms with Crippen LogP contribution in [0.25, 0.3) is 33.5 Å². The Labute approximate surface area is 139 Å². The Bertz CT molecular complexity index is 1030. The zero-order valence-electron chi connectivity index (χ0n) is 13.1. The molecule has 0 unspecified atom stereocenters. The first-order valence-electron chi connectivity index (χ1n) is 8.13. The lowest BCUT2D eigenvalue weighted by atomic mass is 9.99. The number of hydrogen-bond acceptors (Lipinski definition) is 4. The van der Waals surface area contributed by atoms with E-state index in [1.807, 2.05) is 55.0 Å². The Morgan fingerprint density at radius 3 is 2.75 bits per heavy atom. The number of nitrogens with zero attached hydrogens (tertiary/aromatic N) is 5. The van der Waals surface area contributed by atoms with Gasteiger partial charge < -0.3 is 0 Å². The lowest BCUT2D eigenvalue weighted by Gasteiger charge is -2.07. The van der Waals surface area contributed by atoms with E-state index in [1.165, 1.54) is 5.69 Å². The van der Waals surface area contributed by atoms with Gasteiger partial charge in [0, 0.05) is 42.0 Å². The van der Waals surface area contributed by atoms with Crippen LogP contribution in [-0.4, -0.2) is 24.7 Å². The van der Waals surface area contributed by atoms with E-state index in [9.17, 15) is 0 Å². The lowest BCUT2D eigenvalue weighted by Crippen LogP contribution is -1.94. The van der Waals surface area contributed by atoms with E-state index < -0.39 is 0 Å². The predicted molar refractivity (Wildman–Crippen MR) is 92.3 cm³/mol. The Kier molecular flexibility index (Phi) is 2.91. The summed E-state index contributed by atoms with van der Waals surface area (Å²) in [5, 5.41) is 4.85. The van der Waals surface area contributed by atoms with Gasteiger partial charge in [-0.3, -0.25) is 19.6 Å². The smallest absolute Gasteiger partial charge is 0.119 e. The first-order chi connectivity index (χ1) is 11.9. The van der Waals surface area contributed by atoms with Crippen molar-refractivity contribution in [1.29, 1.82) is 0 Å². The van der Waals surface area contributed by atoms with Gasteiger partial charge in [0.25, 0.3) is 0 Å².